The zero-order valence-corrected chi connectivity index (χ0v) is 60.7. The molecule has 0 rings (SSSR count). The molecule has 0 aliphatic carbocycles. The first-order valence-corrected chi connectivity index (χ1v) is 39.8. The molecule has 0 spiro atoms. The fourth-order valence-corrected chi connectivity index (χ4v) is 11.8. The van der Waals surface area contributed by atoms with Crippen LogP contribution in [0.5, 0.6) is 0 Å². The summed E-state index contributed by atoms with van der Waals surface area (Å²) >= 11 is 0. The number of rotatable bonds is 71. The fourth-order valence-electron chi connectivity index (χ4n) is 11.1. The minimum atomic E-state index is -4.65. The smallest absolute Gasteiger partial charge is 0.306 e. The van der Waals surface area contributed by atoms with Gasteiger partial charge in [0.2, 0.25) is 0 Å². The lowest BCUT2D eigenvalue weighted by Crippen LogP contribution is -2.37. The molecule has 0 heterocycles. The molecule has 0 saturated carbocycles. The van der Waals surface area contributed by atoms with E-state index in [0.29, 0.717) is 17.4 Å². The average Bonchev–Trinajstić information content (AvgIpc) is 3.58. The normalized spacial score (nSPS) is 13.5. The second-order valence-electron chi connectivity index (χ2n) is 27.0. The van der Waals surface area contributed by atoms with Crippen LogP contribution < -0.4 is 4.89 Å². The number of nitrogens with zero attached hydrogens (tertiary/aromatic N) is 1. The first kappa shape index (κ1) is 87.2. The highest BCUT2D eigenvalue weighted by Gasteiger charge is 2.22. The Labute approximate surface area is 558 Å². The number of carbonyl (C=O) groups excluding carboxylic acids is 2. The third-order valence-corrected chi connectivity index (χ3v) is 17.9. The van der Waals surface area contributed by atoms with Crippen molar-refractivity contribution in [1.82, 2.24) is 0 Å². The number of carbonyl (C=O) groups is 2. The molecule has 0 aromatic carbocycles. The molecule has 0 N–H and O–H groups in total. The molecule has 524 valence electrons. The number of hydrogen-bond donors (Lipinski definition) is 0. The summed E-state index contributed by atoms with van der Waals surface area (Å²) in [5, 5.41) is 0. The highest BCUT2D eigenvalue weighted by Crippen LogP contribution is 2.38. The number of phosphoric acid groups is 1. The molecule has 0 amide bonds. The molecule has 0 bridgehead atoms. The molecule has 0 aromatic rings. The van der Waals surface area contributed by atoms with Crippen molar-refractivity contribution in [2.75, 3.05) is 47.5 Å². The zero-order chi connectivity index (χ0) is 65.5. The maximum Gasteiger partial charge on any atom is 0.306 e. The van der Waals surface area contributed by atoms with E-state index in [-0.39, 0.29) is 32.0 Å². The monoisotopic (exact) mass is 1280 g/mol. The molecule has 0 saturated heterocycles. The Kier molecular flexibility index (Phi) is 68.3. The van der Waals surface area contributed by atoms with Crippen LogP contribution in [0.2, 0.25) is 0 Å². The van der Waals surface area contributed by atoms with Gasteiger partial charge in [-0.15, -0.1) is 0 Å². The van der Waals surface area contributed by atoms with Crippen molar-refractivity contribution in [2.24, 2.45) is 0 Å². The molecule has 0 aliphatic rings. The average molecular weight is 1280 g/mol. The number of allylic oxidation sites excluding steroid dienone is 14. The van der Waals surface area contributed by atoms with Crippen LogP contribution in [-0.4, -0.2) is 70.0 Å². The predicted octanol–water partition coefficient (Wildman–Crippen LogP) is 24.6. The second-order valence-corrected chi connectivity index (χ2v) is 28.4. The van der Waals surface area contributed by atoms with Crippen molar-refractivity contribution >= 4 is 19.8 Å². The lowest BCUT2D eigenvalue weighted by molar-refractivity contribution is -0.870. The summed E-state index contributed by atoms with van der Waals surface area (Å²) in [4.78, 5) is 38.1. The Bertz CT molecular complexity index is 1800. The summed E-state index contributed by atoms with van der Waals surface area (Å²) in [7, 11) is 1.16. The van der Waals surface area contributed by atoms with E-state index in [1.165, 1.54) is 238 Å². The number of quaternary nitrogens is 1. The van der Waals surface area contributed by atoms with Crippen molar-refractivity contribution in [3.63, 3.8) is 0 Å². The van der Waals surface area contributed by atoms with E-state index in [2.05, 4.69) is 98.9 Å². The van der Waals surface area contributed by atoms with Gasteiger partial charge in [0.25, 0.3) is 7.82 Å². The molecule has 90 heavy (non-hydrogen) atoms. The van der Waals surface area contributed by atoms with Gasteiger partial charge in [-0.25, -0.2) is 0 Å². The molecule has 0 radical (unpaired) electrons. The van der Waals surface area contributed by atoms with Gasteiger partial charge in [-0.3, -0.25) is 14.2 Å². The van der Waals surface area contributed by atoms with Crippen molar-refractivity contribution in [3.8, 4) is 0 Å². The Morgan fingerprint density at radius 3 is 0.944 bits per heavy atom. The van der Waals surface area contributed by atoms with E-state index in [1.807, 2.05) is 21.1 Å². The predicted molar refractivity (Wildman–Crippen MR) is 388 cm³/mol. The first-order chi connectivity index (χ1) is 44.0. The summed E-state index contributed by atoms with van der Waals surface area (Å²) in [5.41, 5.74) is 0. The van der Waals surface area contributed by atoms with Gasteiger partial charge in [-0.2, -0.15) is 0 Å². The molecular weight excluding hydrogens is 1130 g/mol. The van der Waals surface area contributed by atoms with E-state index in [1.54, 1.807) is 0 Å². The van der Waals surface area contributed by atoms with Gasteiger partial charge >= 0.3 is 11.9 Å². The lowest BCUT2D eigenvalue weighted by atomic mass is 10.0. The Morgan fingerprint density at radius 1 is 0.356 bits per heavy atom. The summed E-state index contributed by atoms with van der Waals surface area (Å²) in [6, 6.07) is 0. The van der Waals surface area contributed by atoms with E-state index >= 15 is 0 Å². The van der Waals surface area contributed by atoms with Crippen molar-refractivity contribution < 1.29 is 42.1 Å². The molecule has 10 heteroatoms. The van der Waals surface area contributed by atoms with Gasteiger partial charge in [0, 0.05) is 12.8 Å². The van der Waals surface area contributed by atoms with E-state index < -0.39 is 26.5 Å². The van der Waals surface area contributed by atoms with Crippen LogP contribution in [0.1, 0.15) is 361 Å². The maximum absolute atomic E-state index is 12.9. The maximum atomic E-state index is 12.9. The first-order valence-electron chi connectivity index (χ1n) is 38.3. The standard InChI is InChI=1S/C80H146NO8P/c1-6-8-10-12-14-16-18-20-22-24-26-28-30-32-34-36-37-38-39-40-41-42-43-45-46-48-50-52-54-56-58-60-62-64-66-68-70-72-79(82)86-76-78(77-88-90(84,85)87-75-74-81(3,4)5)89-80(83)73-71-69-67-65-63-61-59-57-55-53-51-49-47-44-35-33-31-29-27-25-23-21-19-17-15-13-11-9-7-2/h9,11,15,17,21,23,27,29,33,35,47,49,53,55,78H,6-8,10,12-14,16,18-20,22,24-26,28,30-32,34,36-46,48,50-52,54,56-77H2,1-5H3/b11-9-,17-15-,23-21-,29-27-,35-33-,49-47-,55-53-. The summed E-state index contributed by atoms with van der Waals surface area (Å²) in [6.45, 7) is 4.16. The van der Waals surface area contributed by atoms with Crippen LogP contribution in [0.4, 0.5) is 0 Å². The number of ether oxygens (including phenoxy) is 2. The largest absolute Gasteiger partial charge is 0.756 e. The van der Waals surface area contributed by atoms with Gasteiger partial charge in [0.1, 0.15) is 19.8 Å². The number of likely N-dealkylation sites (N-methyl/N-ethyl adjacent to an activating group) is 1. The van der Waals surface area contributed by atoms with Crippen molar-refractivity contribution in [1.29, 1.82) is 0 Å². The van der Waals surface area contributed by atoms with E-state index in [4.69, 9.17) is 18.5 Å². The van der Waals surface area contributed by atoms with Gasteiger partial charge in [-0.05, 0) is 70.6 Å². The van der Waals surface area contributed by atoms with E-state index in [0.717, 1.165) is 89.9 Å². The number of esters is 2. The van der Waals surface area contributed by atoms with Gasteiger partial charge in [0.05, 0.1) is 27.7 Å². The van der Waals surface area contributed by atoms with E-state index in [9.17, 15) is 19.0 Å². The Morgan fingerprint density at radius 2 is 0.633 bits per heavy atom. The minimum absolute atomic E-state index is 0.0354. The highest BCUT2D eigenvalue weighted by molar-refractivity contribution is 7.45. The van der Waals surface area contributed by atoms with Crippen LogP contribution in [0.25, 0.3) is 0 Å². The number of unbranched alkanes of at least 4 members (excludes halogenated alkanes) is 43. The van der Waals surface area contributed by atoms with Crippen molar-refractivity contribution in [3.05, 3.63) is 85.1 Å². The van der Waals surface area contributed by atoms with Crippen LogP contribution in [0.3, 0.4) is 0 Å². The zero-order valence-electron chi connectivity index (χ0n) is 59.8. The number of hydrogen-bond acceptors (Lipinski definition) is 8. The second kappa shape index (κ2) is 70.5. The van der Waals surface area contributed by atoms with Gasteiger partial charge in [-0.1, -0.05) is 362 Å². The highest BCUT2D eigenvalue weighted by atomic mass is 31.2. The summed E-state index contributed by atoms with van der Waals surface area (Å²) in [5.74, 6) is -0.835. The summed E-state index contributed by atoms with van der Waals surface area (Å²) < 4.78 is 34.4. The summed E-state index contributed by atoms with van der Waals surface area (Å²) in [6.07, 6.45) is 97.0. The van der Waals surface area contributed by atoms with Crippen LogP contribution in [-0.2, 0) is 32.7 Å². The molecule has 0 fully saturated rings. The SMILES string of the molecule is CC/C=C\C/C=C\C/C=C\C/C=C\C/C=C\C/C=C\C/C=C\CCCCCCCCCC(=O)OC(COC(=O)CCCCCCCCCCCCCCCCCCCCCCCCCCCCCCCCCCCCCCC)COP(=O)([O-])OCC[N+](C)(C)C. The third-order valence-electron chi connectivity index (χ3n) is 16.9. The lowest BCUT2D eigenvalue weighted by Gasteiger charge is -2.28. The van der Waals surface area contributed by atoms with Gasteiger partial charge < -0.3 is 27.9 Å². The van der Waals surface area contributed by atoms with Crippen LogP contribution >= 0.6 is 7.82 Å². The quantitative estimate of drug-likeness (QED) is 0.0195. The van der Waals surface area contributed by atoms with Crippen molar-refractivity contribution in [2.45, 2.75) is 367 Å². The topological polar surface area (TPSA) is 111 Å². The third kappa shape index (κ3) is 74.2. The number of phosphoric ester groups is 1. The van der Waals surface area contributed by atoms with Crippen LogP contribution in [0.15, 0.2) is 85.1 Å². The molecule has 2 atom stereocenters. The minimum Gasteiger partial charge on any atom is -0.756 e. The molecule has 9 nitrogen and oxygen atoms in total. The molecule has 0 aromatic heterocycles. The molecule has 0 aliphatic heterocycles. The van der Waals surface area contributed by atoms with Gasteiger partial charge in [0.15, 0.2) is 6.10 Å². The fraction of sp³-hybridized carbons (Fsp3) is 0.800. The Balaban J connectivity index is 3.98. The van der Waals surface area contributed by atoms with Crippen LogP contribution in [0, 0.1) is 0 Å². The Hall–Kier alpha value is -2.81. The molecule has 2 unspecified atom stereocenters. The molecular formula is C80H146NO8P.